The summed E-state index contributed by atoms with van der Waals surface area (Å²) in [5.41, 5.74) is 0.0111. The molecule has 1 heterocycles. The van der Waals surface area contributed by atoms with Gasteiger partial charge in [0.15, 0.2) is 0 Å². The topological polar surface area (TPSA) is 40.5 Å². The van der Waals surface area contributed by atoms with Crippen molar-refractivity contribution in [3.8, 4) is 0 Å². The Balaban J connectivity index is 2.33. The van der Waals surface area contributed by atoms with Crippen molar-refractivity contribution < 1.29 is 9.90 Å². The standard InChI is InChI=1S/C12H18NO2.3CH3.Sn/c1-12(2,3)10-9-6-4-5-8(9)7-13(10)11(14)15;;;;/h6,8-10H,5,7H2,1-3H3,(H,14,15);3*1H3;. The average Bonchev–Trinajstić information content (AvgIpc) is 2.67. The van der Waals surface area contributed by atoms with Gasteiger partial charge in [0.25, 0.3) is 0 Å². The van der Waals surface area contributed by atoms with Crippen LogP contribution in [0.4, 0.5) is 4.79 Å². The number of fused-ring (bicyclic) bond motifs is 1. The third-order valence-electron chi connectivity index (χ3n) is 4.65. The third kappa shape index (κ3) is 2.81. The molecule has 0 aromatic rings. The molecule has 0 radical (unpaired) electrons. The van der Waals surface area contributed by atoms with Crippen LogP contribution in [0, 0.1) is 17.3 Å². The molecular formula is C15H27NO2Sn. The predicted molar refractivity (Wildman–Crippen MR) is 81.0 cm³/mol. The first kappa shape index (κ1) is 15.2. The monoisotopic (exact) mass is 373 g/mol. The molecule has 0 bridgehead atoms. The van der Waals surface area contributed by atoms with E-state index in [-0.39, 0.29) is 11.5 Å². The third-order valence-corrected chi connectivity index (χ3v) is 11.2. The first-order valence-corrected chi connectivity index (χ1v) is 17.2. The molecule has 1 amide bonds. The molecule has 3 unspecified atom stereocenters. The Morgan fingerprint density at radius 3 is 2.37 bits per heavy atom. The van der Waals surface area contributed by atoms with Crippen LogP contribution in [-0.4, -0.2) is 47.1 Å². The summed E-state index contributed by atoms with van der Waals surface area (Å²) in [5, 5.41) is 9.45. The summed E-state index contributed by atoms with van der Waals surface area (Å²) in [6, 6.07) is 0.140. The molecule has 0 aromatic heterocycles. The predicted octanol–water partition coefficient (Wildman–Crippen LogP) is 3.83. The van der Waals surface area contributed by atoms with Gasteiger partial charge < -0.3 is 0 Å². The Labute approximate surface area is 120 Å². The van der Waals surface area contributed by atoms with Crippen molar-refractivity contribution in [1.29, 1.82) is 0 Å². The zero-order valence-corrected chi connectivity index (χ0v) is 15.9. The molecule has 1 aliphatic heterocycles. The Morgan fingerprint density at radius 1 is 1.37 bits per heavy atom. The van der Waals surface area contributed by atoms with Crippen LogP contribution in [0.1, 0.15) is 27.2 Å². The Bertz CT molecular complexity index is 417. The van der Waals surface area contributed by atoms with Crippen molar-refractivity contribution in [3.63, 3.8) is 0 Å². The molecular weight excluding hydrogens is 345 g/mol. The molecule has 3 atom stereocenters. The maximum absolute atomic E-state index is 11.5. The molecule has 2 aliphatic rings. The molecule has 108 valence electrons. The van der Waals surface area contributed by atoms with E-state index in [1.807, 2.05) is 0 Å². The van der Waals surface area contributed by atoms with Gasteiger partial charge in [-0.2, -0.15) is 0 Å². The zero-order chi connectivity index (χ0) is 14.6. The summed E-state index contributed by atoms with van der Waals surface area (Å²) in [4.78, 5) is 20.6. The van der Waals surface area contributed by atoms with Crippen molar-refractivity contribution in [1.82, 2.24) is 4.90 Å². The van der Waals surface area contributed by atoms with Crippen LogP contribution in [-0.2, 0) is 0 Å². The van der Waals surface area contributed by atoms with Gasteiger partial charge in [-0.15, -0.1) is 0 Å². The summed E-state index contributed by atoms with van der Waals surface area (Å²) < 4.78 is 1.71. The van der Waals surface area contributed by atoms with Crippen molar-refractivity contribution in [2.45, 2.75) is 48.1 Å². The number of likely N-dealkylation sites (tertiary alicyclic amines) is 1. The van der Waals surface area contributed by atoms with E-state index in [1.54, 1.807) is 8.49 Å². The molecule has 4 heteroatoms. The van der Waals surface area contributed by atoms with Gasteiger partial charge in [0.05, 0.1) is 0 Å². The average molecular weight is 372 g/mol. The van der Waals surface area contributed by atoms with E-state index in [2.05, 4.69) is 41.7 Å². The van der Waals surface area contributed by atoms with Crippen LogP contribution >= 0.6 is 0 Å². The second kappa shape index (κ2) is 4.67. The number of nitrogens with zero attached hydrogens (tertiary/aromatic N) is 1. The van der Waals surface area contributed by atoms with Gasteiger partial charge in [-0.25, -0.2) is 0 Å². The van der Waals surface area contributed by atoms with Gasteiger partial charge in [0, 0.05) is 0 Å². The quantitative estimate of drug-likeness (QED) is 0.711. The number of carbonyl (C=O) groups is 1. The van der Waals surface area contributed by atoms with Crippen molar-refractivity contribution in [2.75, 3.05) is 6.54 Å². The molecule has 3 nitrogen and oxygen atoms in total. The number of amides is 1. The molecule has 0 aromatic carbocycles. The van der Waals surface area contributed by atoms with Crippen molar-refractivity contribution in [2.24, 2.45) is 17.3 Å². The van der Waals surface area contributed by atoms with E-state index in [0.29, 0.717) is 11.8 Å². The Hall–Kier alpha value is -0.191. The fourth-order valence-electron chi connectivity index (χ4n) is 3.76. The van der Waals surface area contributed by atoms with E-state index in [1.165, 1.54) is 0 Å². The van der Waals surface area contributed by atoms with Crippen LogP contribution in [0.2, 0.25) is 14.8 Å². The van der Waals surface area contributed by atoms with Crippen LogP contribution in [0.3, 0.4) is 0 Å². The minimum atomic E-state index is -1.97. The molecule has 1 aliphatic carbocycles. The Kier molecular flexibility index (Phi) is 3.74. The summed E-state index contributed by atoms with van der Waals surface area (Å²) in [7, 11) is 0. The summed E-state index contributed by atoms with van der Waals surface area (Å²) in [6.07, 6.45) is 2.88. The van der Waals surface area contributed by atoms with Crippen LogP contribution in [0.25, 0.3) is 0 Å². The van der Waals surface area contributed by atoms with Gasteiger partial charge in [0.2, 0.25) is 0 Å². The van der Waals surface area contributed by atoms with Gasteiger partial charge in [0.1, 0.15) is 0 Å². The summed E-state index contributed by atoms with van der Waals surface area (Å²) in [6.45, 7) is 7.23. The van der Waals surface area contributed by atoms with Crippen molar-refractivity contribution >= 4 is 24.5 Å². The number of hydrogen-bond acceptors (Lipinski definition) is 1. The molecule has 1 saturated heterocycles. The molecule has 2 rings (SSSR count). The van der Waals surface area contributed by atoms with E-state index in [4.69, 9.17) is 0 Å². The van der Waals surface area contributed by atoms with E-state index >= 15 is 0 Å². The molecule has 0 spiro atoms. The fraction of sp³-hybridized carbons (Fsp3) is 0.800. The molecule has 19 heavy (non-hydrogen) atoms. The second-order valence-electron chi connectivity index (χ2n) is 8.23. The van der Waals surface area contributed by atoms with Gasteiger partial charge >= 0.3 is 121 Å². The first-order valence-electron chi connectivity index (χ1n) is 7.22. The normalized spacial score (nSPS) is 31.4. The van der Waals surface area contributed by atoms with Crippen LogP contribution in [0.15, 0.2) is 9.67 Å². The van der Waals surface area contributed by atoms with Crippen LogP contribution in [0.5, 0.6) is 0 Å². The van der Waals surface area contributed by atoms with E-state index in [9.17, 15) is 9.90 Å². The number of hydrogen-bond donors (Lipinski definition) is 1. The first-order chi connectivity index (χ1) is 8.51. The summed E-state index contributed by atoms with van der Waals surface area (Å²) >= 11 is -1.97. The number of rotatable bonds is 1. The molecule has 1 N–H and O–H groups in total. The van der Waals surface area contributed by atoms with Crippen LogP contribution < -0.4 is 0 Å². The SMILES string of the molecule is CC(C)(C)C1C2C=[C]([Sn]([CH3])([CH3])[CH3])CC2CN1C(=O)O. The Morgan fingerprint density at radius 2 is 1.95 bits per heavy atom. The van der Waals surface area contributed by atoms with Gasteiger partial charge in [-0.1, -0.05) is 0 Å². The zero-order valence-electron chi connectivity index (χ0n) is 13.0. The van der Waals surface area contributed by atoms with E-state index in [0.717, 1.165) is 13.0 Å². The van der Waals surface area contributed by atoms with E-state index < -0.39 is 24.5 Å². The van der Waals surface area contributed by atoms with Crippen molar-refractivity contribution in [3.05, 3.63) is 9.67 Å². The van der Waals surface area contributed by atoms with Gasteiger partial charge in [-0.3, -0.25) is 0 Å². The summed E-state index contributed by atoms with van der Waals surface area (Å²) in [5.74, 6) is 0.980. The molecule has 1 fully saturated rings. The van der Waals surface area contributed by atoms with Gasteiger partial charge in [-0.05, 0) is 0 Å². The second-order valence-corrected chi connectivity index (χ2v) is 22.9. The number of carboxylic acid groups (broad SMARTS) is 1. The maximum atomic E-state index is 11.5. The minimum absolute atomic E-state index is 0.0111. The molecule has 0 saturated carbocycles. The fourth-order valence-corrected chi connectivity index (χ4v) is 8.23. The number of allylic oxidation sites excluding steroid dienone is 1.